The van der Waals surface area contributed by atoms with Crippen molar-refractivity contribution in [1.82, 2.24) is 14.5 Å². The SMILES string of the molecule is Cn1c(CCl)nc2ccncc2c1=O. The maximum Gasteiger partial charge on any atom is 0.262 e. The molecular weight excluding hydrogens is 202 g/mol. The van der Waals surface area contributed by atoms with Crippen LogP contribution >= 0.6 is 11.6 Å². The second-order valence-electron chi connectivity index (χ2n) is 2.92. The van der Waals surface area contributed by atoms with Gasteiger partial charge in [-0.15, -0.1) is 11.6 Å². The monoisotopic (exact) mass is 209 g/mol. The minimum atomic E-state index is -0.112. The van der Waals surface area contributed by atoms with Crippen LogP contribution < -0.4 is 5.56 Å². The van der Waals surface area contributed by atoms with Gasteiger partial charge >= 0.3 is 0 Å². The van der Waals surface area contributed by atoms with E-state index in [0.29, 0.717) is 16.7 Å². The lowest BCUT2D eigenvalue weighted by Gasteiger charge is -2.05. The second-order valence-corrected chi connectivity index (χ2v) is 3.19. The van der Waals surface area contributed by atoms with Crippen LogP contribution in [-0.2, 0) is 12.9 Å². The maximum atomic E-state index is 11.7. The van der Waals surface area contributed by atoms with Gasteiger partial charge in [0.1, 0.15) is 5.82 Å². The summed E-state index contributed by atoms with van der Waals surface area (Å²) in [5.74, 6) is 0.791. The lowest BCUT2D eigenvalue weighted by atomic mass is 10.3. The van der Waals surface area contributed by atoms with Gasteiger partial charge in [0.2, 0.25) is 0 Å². The third kappa shape index (κ3) is 1.28. The number of alkyl halides is 1. The molecule has 0 N–H and O–H groups in total. The summed E-state index contributed by atoms with van der Waals surface area (Å²) in [6.07, 6.45) is 3.12. The molecule has 0 spiro atoms. The quantitative estimate of drug-likeness (QED) is 0.660. The topological polar surface area (TPSA) is 47.8 Å². The first-order chi connectivity index (χ1) is 6.74. The molecule has 0 saturated heterocycles. The van der Waals surface area contributed by atoms with Gasteiger partial charge in [-0.25, -0.2) is 4.98 Å². The summed E-state index contributed by atoms with van der Waals surface area (Å²) in [7, 11) is 1.65. The van der Waals surface area contributed by atoms with Crippen molar-refractivity contribution in [2.75, 3.05) is 0 Å². The Morgan fingerprint density at radius 3 is 3.07 bits per heavy atom. The van der Waals surface area contributed by atoms with Crippen LogP contribution in [0.1, 0.15) is 5.82 Å². The highest BCUT2D eigenvalue weighted by Gasteiger charge is 2.06. The Balaban J connectivity index is 2.92. The van der Waals surface area contributed by atoms with E-state index in [2.05, 4.69) is 9.97 Å². The fourth-order valence-corrected chi connectivity index (χ4v) is 1.52. The van der Waals surface area contributed by atoms with Crippen molar-refractivity contribution in [3.05, 3.63) is 34.6 Å². The van der Waals surface area contributed by atoms with E-state index in [1.54, 1.807) is 19.3 Å². The number of aromatic nitrogens is 3. The van der Waals surface area contributed by atoms with E-state index in [1.807, 2.05) is 0 Å². The highest BCUT2D eigenvalue weighted by molar-refractivity contribution is 6.16. The minimum absolute atomic E-state index is 0.112. The van der Waals surface area contributed by atoms with Crippen molar-refractivity contribution in [2.24, 2.45) is 7.05 Å². The summed E-state index contributed by atoms with van der Waals surface area (Å²) in [4.78, 5) is 19.9. The normalized spacial score (nSPS) is 10.7. The first-order valence-corrected chi connectivity index (χ1v) is 4.63. The van der Waals surface area contributed by atoms with E-state index in [4.69, 9.17) is 11.6 Å². The Kier molecular flexibility index (Phi) is 2.21. The van der Waals surface area contributed by atoms with Gasteiger partial charge < -0.3 is 0 Å². The molecule has 2 aromatic heterocycles. The third-order valence-corrected chi connectivity index (χ3v) is 2.33. The molecule has 0 radical (unpaired) electrons. The average Bonchev–Trinajstić information content (AvgIpc) is 2.23. The predicted octanol–water partition coefficient (Wildman–Crippen LogP) is 1.07. The van der Waals surface area contributed by atoms with Crippen molar-refractivity contribution in [2.45, 2.75) is 5.88 Å². The van der Waals surface area contributed by atoms with E-state index in [0.717, 1.165) is 0 Å². The number of hydrogen-bond donors (Lipinski definition) is 0. The van der Waals surface area contributed by atoms with E-state index in [9.17, 15) is 4.79 Å². The van der Waals surface area contributed by atoms with E-state index in [-0.39, 0.29) is 11.4 Å². The molecule has 0 aliphatic heterocycles. The second kappa shape index (κ2) is 3.38. The lowest BCUT2D eigenvalue weighted by Crippen LogP contribution is -2.21. The molecule has 2 rings (SSSR count). The van der Waals surface area contributed by atoms with Gasteiger partial charge in [0.05, 0.1) is 16.8 Å². The molecule has 0 unspecified atom stereocenters. The van der Waals surface area contributed by atoms with Gasteiger partial charge in [-0.3, -0.25) is 14.3 Å². The molecule has 5 heteroatoms. The van der Waals surface area contributed by atoms with Crippen LogP contribution in [-0.4, -0.2) is 14.5 Å². The molecule has 0 amide bonds. The number of pyridine rings is 1. The van der Waals surface area contributed by atoms with Gasteiger partial charge in [0.15, 0.2) is 0 Å². The Morgan fingerprint density at radius 2 is 2.36 bits per heavy atom. The lowest BCUT2D eigenvalue weighted by molar-refractivity contribution is 0.782. The zero-order chi connectivity index (χ0) is 10.1. The van der Waals surface area contributed by atoms with Gasteiger partial charge in [-0.1, -0.05) is 0 Å². The largest absolute Gasteiger partial charge is 0.298 e. The third-order valence-electron chi connectivity index (χ3n) is 2.09. The molecule has 72 valence electrons. The van der Waals surface area contributed by atoms with E-state index in [1.165, 1.54) is 10.8 Å². The molecule has 0 bridgehead atoms. The van der Waals surface area contributed by atoms with Crippen LogP contribution in [0.3, 0.4) is 0 Å². The molecule has 0 atom stereocenters. The van der Waals surface area contributed by atoms with Crippen molar-refractivity contribution in [3.63, 3.8) is 0 Å². The van der Waals surface area contributed by atoms with Crippen LogP contribution in [0, 0.1) is 0 Å². The summed E-state index contributed by atoms with van der Waals surface area (Å²) in [6.45, 7) is 0. The van der Waals surface area contributed by atoms with Gasteiger partial charge in [-0.2, -0.15) is 0 Å². The van der Waals surface area contributed by atoms with Crippen LogP contribution in [0.2, 0.25) is 0 Å². The minimum Gasteiger partial charge on any atom is -0.298 e. The van der Waals surface area contributed by atoms with Crippen molar-refractivity contribution in [3.8, 4) is 0 Å². The predicted molar refractivity (Wildman–Crippen MR) is 54.3 cm³/mol. The first kappa shape index (κ1) is 9.15. The Bertz CT molecular complexity index is 535. The van der Waals surface area contributed by atoms with Crippen LogP contribution in [0.15, 0.2) is 23.3 Å². The summed E-state index contributed by atoms with van der Waals surface area (Å²) in [6, 6.07) is 1.70. The van der Waals surface area contributed by atoms with E-state index >= 15 is 0 Å². The zero-order valence-corrected chi connectivity index (χ0v) is 8.32. The molecule has 0 fully saturated rings. The smallest absolute Gasteiger partial charge is 0.262 e. The molecule has 0 saturated carbocycles. The maximum absolute atomic E-state index is 11.7. The van der Waals surface area contributed by atoms with Crippen molar-refractivity contribution in [1.29, 1.82) is 0 Å². The Morgan fingerprint density at radius 1 is 1.57 bits per heavy atom. The highest BCUT2D eigenvalue weighted by atomic mass is 35.5. The summed E-state index contributed by atoms with van der Waals surface area (Å²) in [5, 5.41) is 0.517. The number of nitrogens with zero attached hydrogens (tertiary/aromatic N) is 3. The first-order valence-electron chi connectivity index (χ1n) is 4.09. The fraction of sp³-hybridized carbons (Fsp3) is 0.222. The molecule has 0 aliphatic carbocycles. The average molecular weight is 210 g/mol. The Hall–Kier alpha value is -1.42. The highest BCUT2D eigenvalue weighted by Crippen LogP contribution is 2.06. The molecule has 14 heavy (non-hydrogen) atoms. The molecule has 2 aromatic rings. The van der Waals surface area contributed by atoms with Crippen molar-refractivity contribution >= 4 is 22.5 Å². The molecule has 4 nitrogen and oxygen atoms in total. The molecule has 0 aromatic carbocycles. The number of halogens is 1. The van der Waals surface area contributed by atoms with Gasteiger partial charge in [0.25, 0.3) is 5.56 Å². The van der Waals surface area contributed by atoms with Crippen LogP contribution in [0.4, 0.5) is 0 Å². The van der Waals surface area contributed by atoms with Crippen LogP contribution in [0.25, 0.3) is 10.9 Å². The fourth-order valence-electron chi connectivity index (χ4n) is 1.28. The summed E-state index contributed by atoms with van der Waals surface area (Å²) in [5.41, 5.74) is 0.525. The molecule has 2 heterocycles. The molecular formula is C9H8ClN3O. The Labute approximate surface area is 85.2 Å². The summed E-state index contributed by atoms with van der Waals surface area (Å²) < 4.78 is 1.44. The number of rotatable bonds is 1. The van der Waals surface area contributed by atoms with Crippen LogP contribution in [0.5, 0.6) is 0 Å². The standard InChI is InChI=1S/C9H8ClN3O/c1-13-8(4-10)12-7-2-3-11-5-6(7)9(13)14/h2-3,5H,4H2,1H3. The number of fused-ring (bicyclic) bond motifs is 1. The number of hydrogen-bond acceptors (Lipinski definition) is 3. The van der Waals surface area contributed by atoms with E-state index < -0.39 is 0 Å². The van der Waals surface area contributed by atoms with Crippen molar-refractivity contribution < 1.29 is 0 Å². The zero-order valence-electron chi connectivity index (χ0n) is 7.57. The van der Waals surface area contributed by atoms with Gasteiger partial charge in [-0.05, 0) is 6.07 Å². The van der Waals surface area contributed by atoms with Gasteiger partial charge in [0, 0.05) is 19.4 Å². The molecule has 0 aliphatic rings. The summed E-state index contributed by atoms with van der Waals surface area (Å²) >= 11 is 5.67.